The normalized spacial score (nSPS) is 20.9. The molecule has 2 N–H and O–H groups in total. The maximum Gasteiger partial charge on any atom is 0.239 e. The Morgan fingerprint density at radius 2 is 2.09 bits per heavy atom. The molecule has 3 atom stereocenters. The molecule has 1 aromatic rings. The molecule has 1 aliphatic heterocycles. The molecule has 0 bridgehead atoms. The Morgan fingerprint density at radius 1 is 1.41 bits per heavy atom. The van der Waals surface area contributed by atoms with Gasteiger partial charge in [0.15, 0.2) is 0 Å². The van der Waals surface area contributed by atoms with E-state index in [-0.39, 0.29) is 30.3 Å². The largest absolute Gasteiger partial charge is 0.374 e. The molecular formula is C17H27ClN2O2. The van der Waals surface area contributed by atoms with E-state index < -0.39 is 6.04 Å². The molecule has 1 aromatic carbocycles. The molecule has 0 aliphatic carbocycles. The second-order valence-corrected chi connectivity index (χ2v) is 5.88. The molecule has 0 aromatic heterocycles. The minimum Gasteiger partial charge on any atom is -0.374 e. The van der Waals surface area contributed by atoms with Gasteiger partial charge < -0.3 is 15.4 Å². The van der Waals surface area contributed by atoms with E-state index in [0.717, 1.165) is 12.8 Å². The zero-order valence-electron chi connectivity index (χ0n) is 13.4. The minimum absolute atomic E-state index is 0. The third kappa shape index (κ3) is 4.97. The van der Waals surface area contributed by atoms with Gasteiger partial charge >= 0.3 is 0 Å². The van der Waals surface area contributed by atoms with Gasteiger partial charge in [0.05, 0.1) is 18.8 Å². The van der Waals surface area contributed by atoms with Crippen LogP contribution in [0.25, 0.3) is 0 Å². The Balaban J connectivity index is 0.00000242. The number of benzene rings is 1. The standard InChI is InChI=1S/C17H26N2O2.ClH/c1-3-13(2)16(18)17(20)19-9-10-21-15(12-19)11-14-7-5-4-6-8-14;/h4-8,13,15-16H,3,9-12,18H2,1-2H3;1H. The van der Waals surface area contributed by atoms with Crippen molar-refractivity contribution in [1.29, 1.82) is 0 Å². The summed E-state index contributed by atoms with van der Waals surface area (Å²) in [5.74, 6) is 0.277. The van der Waals surface area contributed by atoms with Crippen LogP contribution in [0, 0.1) is 5.92 Å². The molecule has 5 heteroatoms. The molecule has 0 spiro atoms. The van der Waals surface area contributed by atoms with Crippen molar-refractivity contribution < 1.29 is 9.53 Å². The van der Waals surface area contributed by atoms with Crippen LogP contribution in [-0.2, 0) is 16.0 Å². The van der Waals surface area contributed by atoms with Gasteiger partial charge in [-0.05, 0) is 11.5 Å². The monoisotopic (exact) mass is 326 g/mol. The van der Waals surface area contributed by atoms with Gasteiger partial charge in [-0.25, -0.2) is 0 Å². The Bertz CT molecular complexity index is 455. The molecule has 1 aliphatic rings. The average Bonchev–Trinajstić information content (AvgIpc) is 2.54. The molecule has 0 saturated carbocycles. The van der Waals surface area contributed by atoms with Crippen LogP contribution in [0.1, 0.15) is 25.8 Å². The van der Waals surface area contributed by atoms with Crippen LogP contribution in [0.4, 0.5) is 0 Å². The summed E-state index contributed by atoms with van der Waals surface area (Å²) in [6.45, 7) is 5.97. The molecule has 1 amide bonds. The highest BCUT2D eigenvalue weighted by Gasteiger charge is 2.29. The van der Waals surface area contributed by atoms with Crippen LogP contribution in [-0.4, -0.2) is 42.6 Å². The van der Waals surface area contributed by atoms with Crippen molar-refractivity contribution in [3.8, 4) is 0 Å². The number of morpholine rings is 1. The van der Waals surface area contributed by atoms with Crippen LogP contribution in [0.15, 0.2) is 30.3 Å². The molecule has 1 heterocycles. The molecule has 22 heavy (non-hydrogen) atoms. The zero-order valence-corrected chi connectivity index (χ0v) is 14.2. The lowest BCUT2D eigenvalue weighted by molar-refractivity contribution is -0.141. The van der Waals surface area contributed by atoms with Gasteiger partial charge in [-0.2, -0.15) is 0 Å². The van der Waals surface area contributed by atoms with E-state index in [2.05, 4.69) is 19.1 Å². The predicted octanol–water partition coefficient (Wildman–Crippen LogP) is 2.25. The first kappa shape index (κ1) is 18.9. The highest BCUT2D eigenvalue weighted by molar-refractivity contribution is 5.85. The Labute approximate surface area is 139 Å². The summed E-state index contributed by atoms with van der Waals surface area (Å²) in [6, 6.07) is 9.85. The quantitative estimate of drug-likeness (QED) is 0.903. The van der Waals surface area contributed by atoms with Crippen molar-refractivity contribution in [3.63, 3.8) is 0 Å². The summed E-state index contributed by atoms with van der Waals surface area (Å²) >= 11 is 0. The fraction of sp³-hybridized carbons (Fsp3) is 0.588. The van der Waals surface area contributed by atoms with Crippen molar-refractivity contribution in [2.45, 2.75) is 38.8 Å². The fourth-order valence-electron chi connectivity index (χ4n) is 2.63. The minimum atomic E-state index is -0.398. The number of carbonyl (C=O) groups is 1. The van der Waals surface area contributed by atoms with Gasteiger partial charge in [0.25, 0.3) is 0 Å². The molecular weight excluding hydrogens is 300 g/mol. The number of rotatable bonds is 5. The van der Waals surface area contributed by atoms with Gasteiger partial charge in [0.1, 0.15) is 0 Å². The van der Waals surface area contributed by atoms with E-state index in [1.807, 2.05) is 30.0 Å². The lowest BCUT2D eigenvalue weighted by atomic mass is 9.98. The highest BCUT2D eigenvalue weighted by Crippen LogP contribution is 2.15. The number of carbonyl (C=O) groups excluding carboxylic acids is 1. The molecule has 3 unspecified atom stereocenters. The third-order valence-corrected chi connectivity index (χ3v) is 4.30. The Kier molecular flexibility index (Phi) is 7.87. The molecule has 1 fully saturated rings. The number of hydrogen-bond acceptors (Lipinski definition) is 3. The summed E-state index contributed by atoms with van der Waals surface area (Å²) in [5, 5.41) is 0. The van der Waals surface area contributed by atoms with E-state index in [0.29, 0.717) is 19.7 Å². The van der Waals surface area contributed by atoms with E-state index in [1.165, 1.54) is 5.56 Å². The molecule has 0 radical (unpaired) electrons. The first-order valence-electron chi connectivity index (χ1n) is 7.81. The van der Waals surface area contributed by atoms with Gasteiger partial charge in [0.2, 0.25) is 5.91 Å². The fourth-order valence-corrected chi connectivity index (χ4v) is 2.63. The maximum absolute atomic E-state index is 12.4. The number of hydrogen-bond donors (Lipinski definition) is 1. The first-order valence-corrected chi connectivity index (χ1v) is 7.81. The van der Waals surface area contributed by atoms with Gasteiger partial charge in [-0.1, -0.05) is 50.6 Å². The van der Waals surface area contributed by atoms with Gasteiger partial charge in [-0.15, -0.1) is 12.4 Å². The van der Waals surface area contributed by atoms with Crippen LogP contribution in [0.2, 0.25) is 0 Å². The van der Waals surface area contributed by atoms with Crippen LogP contribution < -0.4 is 5.73 Å². The van der Waals surface area contributed by atoms with E-state index in [1.54, 1.807) is 0 Å². The van der Waals surface area contributed by atoms with E-state index >= 15 is 0 Å². The molecule has 2 rings (SSSR count). The molecule has 1 saturated heterocycles. The second-order valence-electron chi connectivity index (χ2n) is 5.88. The molecule has 124 valence electrons. The number of halogens is 1. The van der Waals surface area contributed by atoms with Crippen molar-refractivity contribution in [3.05, 3.63) is 35.9 Å². The van der Waals surface area contributed by atoms with Crippen molar-refractivity contribution in [2.24, 2.45) is 11.7 Å². The van der Waals surface area contributed by atoms with Crippen LogP contribution in [0.5, 0.6) is 0 Å². The van der Waals surface area contributed by atoms with Crippen molar-refractivity contribution in [1.82, 2.24) is 4.90 Å². The first-order chi connectivity index (χ1) is 10.1. The number of amides is 1. The SMILES string of the molecule is CCC(C)C(N)C(=O)N1CCOC(Cc2ccccc2)C1.Cl. The Hall–Kier alpha value is -1.10. The average molecular weight is 327 g/mol. The lowest BCUT2D eigenvalue weighted by Gasteiger charge is -2.35. The van der Waals surface area contributed by atoms with E-state index in [4.69, 9.17) is 10.5 Å². The molecule has 4 nitrogen and oxygen atoms in total. The van der Waals surface area contributed by atoms with Gasteiger partial charge in [0, 0.05) is 19.5 Å². The highest BCUT2D eigenvalue weighted by atomic mass is 35.5. The number of nitrogens with zero attached hydrogens (tertiary/aromatic N) is 1. The topological polar surface area (TPSA) is 55.6 Å². The zero-order chi connectivity index (χ0) is 15.2. The smallest absolute Gasteiger partial charge is 0.239 e. The third-order valence-electron chi connectivity index (χ3n) is 4.30. The van der Waals surface area contributed by atoms with E-state index in [9.17, 15) is 4.79 Å². The Morgan fingerprint density at radius 3 is 2.73 bits per heavy atom. The van der Waals surface area contributed by atoms with Gasteiger partial charge in [-0.3, -0.25) is 4.79 Å². The summed E-state index contributed by atoms with van der Waals surface area (Å²) in [7, 11) is 0. The number of nitrogens with two attached hydrogens (primary N) is 1. The summed E-state index contributed by atoms with van der Waals surface area (Å²) < 4.78 is 5.79. The summed E-state index contributed by atoms with van der Waals surface area (Å²) in [5.41, 5.74) is 7.31. The van der Waals surface area contributed by atoms with Crippen LogP contribution >= 0.6 is 12.4 Å². The van der Waals surface area contributed by atoms with Crippen molar-refractivity contribution >= 4 is 18.3 Å². The summed E-state index contributed by atoms with van der Waals surface area (Å²) in [6.07, 6.45) is 1.82. The second kappa shape index (κ2) is 9.13. The van der Waals surface area contributed by atoms with Crippen molar-refractivity contribution in [2.75, 3.05) is 19.7 Å². The van der Waals surface area contributed by atoms with Crippen LogP contribution in [0.3, 0.4) is 0 Å². The summed E-state index contributed by atoms with van der Waals surface area (Å²) in [4.78, 5) is 14.3. The number of ether oxygens (including phenoxy) is 1. The lowest BCUT2D eigenvalue weighted by Crippen LogP contribution is -2.53. The maximum atomic E-state index is 12.4. The predicted molar refractivity (Wildman–Crippen MR) is 91.1 cm³/mol.